The first-order valence-electron chi connectivity index (χ1n) is 12.6. The number of fused-ring (bicyclic) bond motifs is 6. The lowest BCUT2D eigenvalue weighted by molar-refractivity contribution is 0.226. The molecule has 5 aromatic rings. The maximum Gasteiger partial charge on any atom is 0.161 e. The number of anilines is 1. The zero-order valence-electron chi connectivity index (χ0n) is 21.6. The summed E-state index contributed by atoms with van der Waals surface area (Å²) in [6.45, 7) is 6.38. The number of hydrogen-bond donors (Lipinski definition) is 3. The van der Waals surface area contributed by atoms with Gasteiger partial charge < -0.3 is 19.5 Å². The first kappa shape index (κ1) is 26.5. The van der Waals surface area contributed by atoms with Crippen LogP contribution in [0.2, 0.25) is 0 Å². The maximum absolute atomic E-state index is 10.3. The van der Waals surface area contributed by atoms with E-state index in [9.17, 15) is 20.7 Å². The van der Waals surface area contributed by atoms with Gasteiger partial charge in [0.05, 0.1) is 35.2 Å². The molecule has 3 N–H and O–H groups in total. The van der Waals surface area contributed by atoms with Crippen LogP contribution in [0.3, 0.4) is 0 Å². The Morgan fingerprint density at radius 2 is 1.74 bits per heavy atom. The summed E-state index contributed by atoms with van der Waals surface area (Å²) >= 11 is 1.37. The highest BCUT2D eigenvalue weighted by Gasteiger charge is 2.23. The average Bonchev–Trinajstić information content (AvgIpc) is 3.32. The van der Waals surface area contributed by atoms with Gasteiger partial charge in [0.15, 0.2) is 16.7 Å². The highest BCUT2D eigenvalue weighted by Crippen LogP contribution is 2.35. The van der Waals surface area contributed by atoms with Crippen LogP contribution in [0.1, 0.15) is 25.0 Å². The molecule has 0 aliphatic rings. The Morgan fingerprint density at radius 1 is 1.03 bits per heavy atom. The van der Waals surface area contributed by atoms with Crippen molar-refractivity contribution in [3.8, 4) is 12.1 Å². The van der Waals surface area contributed by atoms with Gasteiger partial charge in [0, 0.05) is 48.2 Å². The molecule has 0 saturated carbocycles. The Balaban J connectivity index is 1.82. The van der Waals surface area contributed by atoms with Crippen molar-refractivity contribution in [1.29, 1.82) is 15.9 Å². The van der Waals surface area contributed by atoms with E-state index in [-0.39, 0.29) is 29.8 Å². The third-order valence-corrected chi connectivity index (χ3v) is 7.83. The van der Waals surface area contributed by atoms with Gasteiger partial charge >= 0.3 is 0 Å². The summed E-state index contributed by atoms with van der Waals surface area (Å²) in [5.41, 5.74) is 3.41. The first-order valence-corrected chi connectivity index (χ1v) is 13.4. The van der Waals surface area contributed by atoms with Crippen molar-refractivity contribution >= 4 is 56.3 Å². The van der Waals surface area contributed by atoms with Crippen LogP contribution in [-0.4, -0.2) is 63.3 Å². The topological polar surface area (TPSA) is 149 Å². The number of pyridine rings is 1. The van der Waals surface area contributed by atoms with Crippen LogP contribution < -0.4 is 10.4 Å². The van der Waals surface area contributed by atoms with Gasteiger partial charge in [0.1, 0.15) is 23.3 Å². The molecule has 3 heterocycles. The summed E-state index contributed by atoms with van der Waals surface area (Å²) in [6, 6.07) is 15.7. The van der Waals surface area contributed by atoms with E-state index in [0.717, 1.165) is 23.7 Å². The number of nitrogens with one attached hydrogen (secondary N) is 1. The smallest absolute Gasteiger partial charge is 0.161 e. The van der Waals surface area contributed by atoms with E-state index >= 15 is 0 Å². The number of aliphatic hydroxyl groups excluding tert-OH is 2. The summed E-state index contributed by atoms with van der Waals surface area (Å²) < 4.78 is 9.69. The Labute approximate surface area is 228 Å². The molecule has 0 aliphatic heterocycles. The molecule has 0 aliphatic carbocycles. The molecule has 0 amide bonds. The van der Waals surface area contributed by atoms with Gasteiger partial charge in [-0.1, -0.05) is 0 Å². The molecule has 198 valence electrons. The van der Waals surface area contributed by atoms with Crippen molar-refractivity contribution in [2.24, 2.45) is 0 Å². The molecular formula is C28H27N7O3S. The number of benzene rings is 2. The minimum absolute atomic E-state index is 0.0173. The van der Waals surface area contributed by atoms with Gasteiger partial charge in [-0.3, -0.25) is 9.81 Å². The molecule has 2 aromatic carbocycles. The molecule has 3 aromatic heterocycles. The number of rotatable bonds is 9. The van der Waals surface area contributed by atoms with Gasteiger partial charge in [-0.25, -0.2) is 9.29 Å². The lowest BCUT2D eigenvalue weighted by atomic mass is 10.0. The summed E-state index contributed by atoms with van der Waals surface area (Å²) in [7, 11) is 0. The Bertz CT molecular complexity index is 1860. The molecule has 5 rings (SSSR count). The molecule has 11 heteroatoms. The van der Waals surface area contributed by atoms with Crippen LogP contribution in [0, 0.1) is 28.1 Å². The van der Waals surface area contributed by atoms with Gasteiger partial charge in [-0.05, 0) is 56.1 Å². The minimum atomic E-state index is -0.0842. The van der Waals surface area contributed by atoms with Crippen molar-refractivity contribution in [3.05, 3.63) is 53.0 Å². The fourth-order valence-corrected chi connectivity index (χ4v) is 5.84. The van der Waals surface area contributed by atoms with E-state index in [2.05, 4.69) is 30.9 Å². The normalized spacial score (nSPS) is 11.6. The zero-order valence-corrected chi connectivity index (χ0v) is 22.4. The molecule has 39 heavy (non-hydrogen) atoms. The number of aliphatic hydroxyl groups is 2. The SMILES string of the molecule is CCN(CC)c1ccc2c(C#N)c3c(oc2c1)c(C#N)c(=N)n1c2cc(SN(CCO)CCO)ccc2nc31. The second-order valence-corrected chi connectivity index (χ2v) is 10.0. The number of imidazole rings is 1. The second-order valence-electron chi connectivity index (χ2n) is 8.87. The van der Waals surface area contributed by atoms with Crippen LogP contribution in [0.25, 0.3) is 38.6 Å². The zero-order chi connectivity index (χ0) is 27.7. The Kier molecular flexibility index (Phi) is 7.42. The molecule has 0 bridgehead atoms. The van der Waals surface area contributed by atoms with Crippen molar-refractivity contribution in [3.63, 3.8) is 0 Å². The van der Waals surface area contributed by atoms with Gasteiger partial charge in [-0.2, -0.15) is 10.5 Å². The van der Waals surface area contributed by atoms with Gasteiger partial charge in [0.25, 0.3) is 0 Å². The maximum atomic E-state index is 10.3. The highest BCUT2D eigenvalue weighted by molar-refractivity contribution is 7.97. The number of nitrogens with zero attached hydrogens (tertiary/aromatic N) is 6. The summed E-state index contributed by atoms with van der Waals surface area (Å²) in [5, 5.41) is 49.1. The Hall–Kier alpha value is -4.13. The van der Waals surface area contributed by atoms with Gasteiger partial charge in [0.2, 0.25) is 0 Å². The molecule has 0 fully saturated rings. The van der Waals surface area contributed by atoms with Crippen molar-refractivity contribution in [1.82, 2.24) is 13.7 Å². The van der Waals surface area contributed by atoms with E-state index in [4.69, 9.17) is 14.8 Å². The predicted octanol–water partition coefficient (Wildman–Crippen LogP) is 3.75. The van der Waals surface area contributed by atoms with E-state index < -0.39 is 0 Å². The third kappa shape index (κ3) is 4.46. The fourth-order valence-electron chi connectivity index (χ4n) is 4.91. The lowest BCUT2D eigenvalue weighted by Crippen LogP contribution is -2.23. The minimum Gasteiger partial charge on any atom is -0.454 e. The number of nitriles is 2. The summed E-state index contributed by atoms with van der Waals surface area (Å²) in [5.74, 6) is 0. The standard InChI is InChI=1S/C28H27N7O3S/c1-3-33(4-2)17-5-7-19-20(15-29)25-26(38-24(19)13-17)21(16-30)27(31)35-23-14-18(6-8-22(23)32-28(25)35)39-34(9-11-36)10-12-37/h5-8,13-14,31,36-37H,3-4,9-12H2,1-2H3. The van der Waals surface area contributed by atoms with E-state index in [0.29, 0.717) is 51.7 Å². The fraction of sp³-hybridized carbons (Fsp3) is 0.286. The van der Waals surface area contributed by atoms with Crippen LogP contribution in [0.4, 0.5) is 5.69 Å². The molecule has 0 saturated heterocycles. The monoisotopic (exact) mass is 541 g/mol. The molecule has 0 spiro atoms. The quantitative estimate of drug-likeness (QED) is 0.187. The van der Waals surface area contributed by atoms with Crippen molar-refractivity contribution in [2.45, 2.75) is 18.7 Å². The van der Waals surface area contributed by atoms with Crippen molar-refractivity contribution < 1.29 is 14.6 Å². The number of hydrogen-bond acceptors (Lipinski definition) is 10. The van der Waals surface area contributed by atoms with Crippen LogP contribution in [0.5, 0.6) is 0 Å². The largest absolute Gasteiger partial charge is 0.454 e. The molecule has 0 radical (unpaired) electrons. The average molecular weight is 542 g/mol. The van der Waals surface area contributed by atoms with Crippen LogP contribution in [0.15, 0.2) is 45.7 Å². The molecule has 0 atom stereocenters. The Morgan fingerprint density at radius 3 is 2.38 bits per heavy atom. The number of aromatic nitrogens is 2. The van der Waals surface area contributed by atoms with Crippen LogP contribution in [-0.2, 0) is 0 Å². The predicted molar refractivity (Wildman–Crippen MR) is 150 cm³/mol. The van der Waals surface area contributed by atoms with E-state index in [1.807, 2.05) is 40.7 Å². The lowest BCUT2D eigenvalue weighted by Gasteiger charge is -2.21. The molecule has 0 unspecified atom stereocenters. The summed E-state index contributed by atoms with van der Waals surface area (Å²) in [6.07, 6.45) is 0. The first-order chi connectivity index (χ1) is 19.0. The van der Waals surface area contributed by atoms with Gasteiger partial charge in [-0.15, -0.1) is 0 Å². The second kappa shape index (κ2) is 10.9. The van der Waals surface area contributed by atoms with E-state index in [1.54, 1.807) is 4.40 Å². The van der Waals surface area contributed by atoms with Crippen LogP contribution >= 0.6 is 11.9 Å². The van der Waals surface area contributed by atoms with Crippen molar-refractivity contribution in [2.75, 3.05) is 44.3 Å². The highest BCUT2D eigenvalue weighted by atomic mass is 32.2. The summed E-state index contributed by atoms with van der Waals surface area (Å²) in [4.78, 5) is 7.75. The van der Waals surface area contributed by atoms with E-state index in [1.165, 1.54) is 11.9 Å². The molecular weight excluding hydrogens is 514 g/mol. The molecule has 10 nitrogen and oxygen atoms in total. The third-order valence-electron chi connectivity index (χ3n) is 6.75.